The number of rotatable bonds is 3. The molecule has 0 aliphatic carbocycles. The monoisotopic (exact) mass is 373 g/mol. The molecular weight excluding hydrogens is 342 g/mol. The molecule has 1 N–H and O–H groups in total. The van der Waals surface area contributed by atoms with E-state index >= 15 is 0 Å². The van der Waals surface area contributed by atoms with Crippen molar-refractivity contribution >= 4 is 6.03 Å². The molecule has 0 spiro atoms. The molecule has 2 aliphatic rings. The van der Waals surface area contributed by atoms with E-state index in [1.165, 1.54) is 0 Å². The van der Waals surface area contributed by atoms with Gasteiger partial charge in [-0.25, -0.2) is 4.79 Å². The van der Waals surface area contributed by atoms with E-state index in [2.05, 4.69) is 18.3 Å². The normalized spacial score (nSPS) is 21.0. The van der Waals surface area contributed by atoms with Crippen molar-refractivity contribution in [1.82, 2.24) is 15.1 Å². The molecule has 1 atom stereocenters. The molecule has 3 rings (SSSR count). The minimum atomic E-state index is 0.0780. The summed E-state index contributed by atoms with van der Waals surface area (Å²) in [6, 6.07) is 4.04. The highest BCUT2D eigenvalue weighted by atomic mass is 16.5. The van der Waals surface area contributed by atoms with Crippen molar-refractivity contribution in [1.29, 1.82) is 0 Å². The highest BCUT2D eigenvalue weighted by molar-refractivity contribution is 5.77. The Morgan fingerprint density at radius 2 is 2.04 bits per heavy atom. The molecule has 0 unspecified atom stereocenters. The van der Waals surface area contributed by atoms with Crippen molar-refractivity contribution in [3.05, 3.63) is 35.0 Å². The van der Waals surface area contributed by atoms with Crippen LogP contribution in [0.3, 0.4) is 0 Å². The summed E-state index contributed by atoms with van der Waals surface area (Å²) < 4.78 is 11.1. The number of allylic oxidation sites excluding steroid dienone is 2. The number of fused-ring (bicyclic) bond motifs is 2. The van der Waals surface area contributed by atoms with Gasteiger partial charge in [-0.15, -0.1) is 0 Å². The van der Waals surface area contributed by atoms with E-state index < -0.39 is 0 Å². The number of nitrogens with zero attached hydrogens (tertiary/aromatic N) is 2. The Morgan fingerprint density at radius 3 is 2.74 bits per heavy atom. The molecule has 0 aromatic heterocycles. The van der Waals surface area contributed by atoms with E-state index in [1.807, 2.05) is 28.9 Å². The third kappa shape index (κ3) is 4.05. The van der Waals surface area contributed by atoms with Crippen molar-refractivity contribution in [3.8, 4) is 11.5 Å². The van der Waals surface area contributed by atoms with Gasteiger partial charge in [0.15, 0.2) is 0 Å². The van der Waals surface area contributed by atoms with Crippen LogP contribution in [0.4, 0.5) is 4.79 Å². The molecule has 148 valence electrons. The molecule has 1 aromatic rings. The molecule has 2 heterocycles. The Kier molecular flexibility index (Phi) is 6.26. The smallest absolute Gasteiger partial charge is 0.324 e. The summed E-state index contributed by atoms with van der Waals surface area (Å²) in [5.74, 6) is 1.74. The van der Waals surface area contributed by atoms with Crippen LogP contribution in [0, 0.1) is 0 Å². The summed E-state index contributed by atoms with van der Waals surface area (Å²) in [5, 5.41) is 3.44. The zero-order valence-electron chi connectivity index (χ0n) is 16.9. The van der Waals surface area contributed by atoms with Gasteiger partial charge in [-0.1, -0.05) is 13.0 Å². The second kappa shape index (κ2) is 8.65. The molecule has 6 nitrogen and oxygen atoms in total. The number of benzene rings is 1. The van der Waals surface area contributed by atoms with Crippen molar-refractivity contribution < 1.29 is 14.3 Å². The second-order valence-electron chi connectivity index (χ2n) is 7.15. The number of carbonyl (C=O) groups excluding carboxylic acids is 1. The van der Waals surface area contributed by atoms with Crippen molar-refractivity contribution in [2.24, 2.45) is 0 Å². The Balaban J connectivity index is 2.07. The summed E-state index contributed by atoms with van der Waals surface area (Å²) >= 11 is 0. The zero-order valence-corrected chi connectivity index (χ0v) is 16.9. The molecule has 1 fully saturated rings. The van der Waals surface area contributed by atoms with Gasteiger partial charge in [-0.3, -0.25) is 4.90 Å². The first-order valence-corrected chi connectivity index (χ1v) is 9.81. The average Bonchev–Trinajstić information content (AvgIpc) is 2.82. The minimum Gasteiger partial charge on any atom is -0.497 e. The summed E-state index contributed by atoms with van der Waals surface area (Å²) in [7, 11) is 3.35. The fraction of sp³-hybridized carbons (Fsp3) is 0.571. The molecule has 1 aromatic carbocycles. The molecule has 0 radical (unpaired) electrons. The fourth-order valence-electron chi connectivity index (χ4n) is 4.03. The summed E-state index contributed by atoms with van der Waals surface area (Å²) in [6.07, 6.45) is 4.13. The van der Waals surface area contributed by atoms with Crippen LogP contribution >= 0.6 is 0 Å². The van der Waals surface area contributed by atoms with Gasteiger partial charge in [-0.05, 0) is 37.9 Å². The first-order valence-electron chi connectivity index (χ1n) is 9.81. The van der Waals surface area contributed by atoms with Gasteiger partial charge >= 0.3 is 6.03 Å². The summed E-state index contributed by atoms with van der Waals surface area (Å²) in [4.78, 5) is 17.2. The molecule has 2 aliphatic heterocycles. The maximum atomic E-state index is 13.3. The van der Waals surface area contributed by atoms with Gasteiger partial charge in [0, 0.05) is 42.9 Å². The standard InChI is InChI=1S/C21H31N3O3/c1-5-23-10-9-22-8-6-7-17-11-15(2)20-16(14-24(17)21(23)25)12-18(26-3)13-19(20)27-4/h11-13,15,22H,5-10,14H2,1-4H3/t15-/m0/s1. The van der Waals surface area contributed by atoms with Gasteiger partial charge in [-0.2, -0.15) is 0 Å². The van der Waals surface area contributed by atoms with E-state index in [1.54, 1.807) is 14.2 Å². The Bertz CT molecular complexity index is 717. The number of urea groups is 1. The predicted octanol–water partition coefficient (Wildman–Crippen LogP) is 3.33. The Labute approximate surface area is 162 Å². The van der Waals surface area contributed by atoms with Crippen LogP contribution in [0.1, 0.15) is 43.7 Å². The van der Waals surface area contributed by atoms with Gasteiger partial charge in [0.05, 0.1) is 20.8 Å². The number of hydrogen-bond acceptors (Lipinski definition) is 4. The maximum Gasteiger partial charge on any atom is 0.324 e. The lowest BCUT2D eigenvalue weighted by atomic mass is 9.94. The number of ether oxygens (including phenoxy) is 2. The number of nitrogens with one attached hydrogen (secondary N) is 1. The second-order valence-corrected chi connectivity index (χ2v) is 7.15. The van der Waals surface area contributed by atoms with Crippen LogP contribution in [0.2, 0.25) is 0 Å². The van der Waals surface area contributed by atoms with Crippen molar-refractivity contribution in [2.75, 3.05) is 40.4 Å². The van der Waals surface area contributed by atoms with E-state index in [9.17, 15) is 4.79 Å². The molecule has 27 heavy (non-hydrogen) atoms. The summed E-state index contributed by atoms with van der Waals surface area (Å²) in [5.41, 5.74) is 3.33. The number of methoxy groups -OCH3 is 2. The lowest BCUT2D eigenvalue weighted by Gasteiger charge is -2.32. The van der Waals surface area contributed by atoms with Crippen LogP contribution < -0.4 is 14.8 Å². The number of carbonyl (C=O) groups is 1. The van der Waals surface area contributed by atoms with Crippen LogP contribution in [0.25, 0.3) is 0 Å². The molecular formula is C21H31N3O3. The topological polar surface area (TPSA) is 54.0 Å². The maximum absolute atomic E-state index is 13.3. The molecule has 6 heteroatoms. The molecule has 0 saturated carbocycles. The first kappa shape index (κ1) is 19.5. The predicted molar refractivity (Wildman–Crippen MR) is 106 cm³/mol. The van der Waals surface area contributed by atoms with E-state index in [-0.39, 0.29) is 11.9 Å². The first-order chi connectivity index (χ1) is 13.1. The van der Waals surface area contributed by atoms with Gasteiger partial charge < -0.3 is 19.7 Å². The van der Waals surface area contributed by atoms with Gasteiger partial charge in [0.25, 0.3) is 0 Å². The lowest BCUT2D eigenvalue weighted by molar-refractivity contribution is 0.162. The molecule has 0 bridgehead atoms. The largest absolute Gasteiger partial charge is 0.497 e. The third-order valence-electron chi connectivity index (χ3n) is 5.46. The van der Waals surface area contributed by atoms with Crippen LogP contribution in [0.5, 0.6) is 11.5 Å². The van der Waals surface area contributed by atoms with Crippen LogP contribution in [0.15, 0.2) is 23.9 Å². The molecule has 1 saturated heterocycles. The van der Waals surface area contributed by atoms with Crippen LogP contribution in [-0.4, -0.2) is 56.2 Å². The van der Waals surface area contributed by atoms with Gasteiger partial charge in [0.2, 0.25) is 0 Å². The molecule has 2 amide bonds. The average molecular weight is 373 g/mol. The van der Waals surface area contributed by atoms with Crippen molar-refractivity contribution in [3.63, 3.8) is 0 Å². The SMILES string of the molecule is CCN1CCNCCCC2=C[C@H](C)c3c(cc(OC)cc3OC)CN2C1=O. The number of hydrogen-bond donors (Lipinski definition) is 1. The number of likely N-dealkylation sites (N-methyl/N-ethyl adjacent to an activating group) is 1. The highest BCUT2D eigenvalue weighted by Gasteiger charge is 2.30. The van der Waals surface area contributed by atoms with E-state index in [0.29, 0.717) is 13.1 Å². The summed E-state index contributed by atoms with van der Waals surface area (Å²) in [6.45, 7) is 7.98. The van der Waals surface area contributed by atoms with Crippen LogP contribution in [-0.2, 0) is 6.54 Å². The number of amides is 2. The highest BCUT2D eigenvalue weighted by Crippen LogP contribution is 2.39. The van der Waals surface area contributed by atoms with E-state index in [4.69, 9.17) is 9.47 Å². The fourth-order valence-corrected chi connectivity index (χ4v) is 4.03. The van der Waals surface area contributed by atoms with E-state index in [0.717, 1.165) is 60.8 Å². The van der Waals surface area contributed by atoms with Gasteiger partial charge in [0.1, 0.15) is 11.5 Å². The zero-order chi connectivity index (χ0) is 19.4. The minimum absolute atomic E-state index is 0.0780. The third-order valence-corrected chi connectivity index (χ3v) is 5.46. The quantitative estimate of drug-likeness (QED) is 0.883. The lowest BCUT2D eigenvalue weighted by Crippen LogP contribution is -2.45. The van der Waals surface area contributed by atoms with Crippen molar-refractivity contribution in [2.45, 2.75) is 39.2 Å². The Morgan fingerprint density at radius 1 is 1.22 bits per heavy atom. The Hall–Kier alpha value is -2.21.